The average Bonchev–Trinajstić information content (AvgIpc) is 2.07. The minimum Gasteiger partial charge on any atom is -0.457 e. The predicted molar refractivity (Wildman–Crippen MR) is 338 cm³/mol. The summed E-state index contributed by atoms with van der Waals surface area (Å²) in [4.78, 5) is 2.42. The van der Waals surface area contributed by atoms with Gasteiger partial charge < -0.3 is 14.4 Å². The quantitative estimate of drug-likeness (QED) is 0.159. The van der Waals surface area contributed by atoms with Gasteiger partial charge in [0.25, 0.3) is 0 Å². The molecular weight excluding hydrogens is 1010 g/mol. The van der Waals surface area contributed by atoms with Crippen LogP contribution >= 0.6 is 0 Å². The number of hydrogen-bond donors (Lipinski definition) is 0. The lowest BCUT2D eigenvalue weighted by Gasteiger charge is -2.39. The van der Waals surface area contributed by atoms with Gasteiger partial charge >= 0.3 is 0 Å². The number of fused-ring (bicyclic) bond motifs is 18. The van der Waals surface area contributed by atoms with Crippen molar-refractivity contribution >= 4 is 17.1 Å². The summed E-state index contributed by atoms with van der Waals surface area (Å²) >= 11 is 0. The third-order valence-electron chi connectivity index (χ3n) is 18.1. The fraction of sp³-hybridized carbons (Fsp3) is 0.0250. The first kappa shape index (κ1) is 47.1. The van der Waals surface area contributed by atoms with Crippen molar-refractivity contribution in [2.75, 3.05) is 4.90 Å². The van der Waals surface area contributed by atoms with Gasteiger partial charge in [0.05, 0.1) is 16.5 Å². The number of para-hydroxylation sites is 5. The van der Waals surface area contributed by atoms with E-state index in [-0.39, 0.29) is 0 Å². The molecular formula is C80H51NO2. The third kappa shape index (κ3) is 6.92. The Hall–Kier alpha value is -10.7. The molecule has 3 heteroatoms. The Labute approximate surface area is 483 Å². The molecule has 0 amide bonds. The fourth-order valence-electron chi connectivity index (χ4n) is 14.5. The Morgan fingerprint density at radius 1 is 0.205 bits per heavy atom. The first-order valence-corrected chi connectivity index (χ1v) is 28.6. The lowest BCUT2D eigenvalue weighted by atomic mass is 9.66. The molecule has 0 fully saturated rings. The van der Waals surface area contributed by atoms with E-state index < -0.39 is 10.8 Å². The molecule has 0 aromatic heterocycles. The van der Waals surface area contributed by atoms with Crippen LogP contribution < -0.4 is 14.4 Å². The molecule has 388 valence electrons. The van der Waals surface area contributed by atoms with Gasteiger partial charge in [-0.1, -0.05) is 243 Å². The number of benzene rings is 13. The van der Waals surface area contributed by atoms with Crippen LogP contribution in [0.2, 0.25) is 0 Å². The fourth-order valence-corrected chi connectivity index (χ4v) is 14.5. The second kappa shape index (κ2) is 18.4. The van der Waals surface area contributed by atoms with Crippen molar-refractivity contribution in [3.05, 3.63) is 354 Å². The van der Waals surface area contributed by atoms with E-state index in [2.05, 4.69) is 314 Å². The summed E-state index contributed by atoms with van der Waals surface area (Å²) in [6.07, 6.45) is 0. The van der Waals surface area contributed by atoms with Crippen LogP contribution in [0, 0.1) is 0 Å². The summed E-state index contributed by atoms with van der Waals surface area (Å²) in [5.41, 5.74) is 26.2. The molecule has 4 aliphatic rings. The molecule has 0 N–H and O–H groups in total. The standard InChI is InChI=1S/C80H51NO2/c1-2-18-52(19-3-1)53-34-36-56(37-35-53)61-20-6-13-29-74(61)81(59-44-38-54(39-45-59)57-43-49-68-65(50-57)63-22-5-8-24-67(63)79(68)69-25-9-14-30-75(69)82-76-31-15-10-26-70(76)79)60-46-40-55(41-47-60)58-42-48-64-62-21-4-7-23-66(62)80(73(64)51-58)71-27-11-16-32-77(71)83-78-33-17-12-28-72(78)80/h1-51H. The Morgan fingerprint density at radius 3 is 1.08 bits per heavy atom. The maximum absolute atomic E-state index is 6.67. The van der Waals surface area contributed by atoms with Gasteiger partial charge in [0.1, 0.15) is 23.0 Å². The van der Waals surface area contributed by atoms with Gasteiger partial charge in [-0.05, 0) is 150 Å². The third-order valence-corrected chi connectivity index (χ3v) is 18.1. The van der Waals surface area contributed by atoms with E-state index >= 15 is 0 Å². The van der Waals surface area contributed by atoms with Crippen LogP contribution in [0.15, 0.2) is 309 Å². The molecule has 0 bridgehead atoms. The largest absolute Gasteiger partial charge is 0.457 e. The lowest BCUT2D eigenvalue weighted by Crippen LogP contribution is -2.32. The SMILES string of the molecule is c1ccc(-c2ccc(-c3ccccc3N(c3ccc(-c4ccc5c(c4)-c4ccccc4C54c5ccccc5Oc5ccccc54)cc3)c3ccc(-c4ccc5c(c4)C4(c6ccccc6Oc6ccccc64)c4ccccc4-5)cc3)cc2)cc1. The minimum atomic E-state index is -0.547. The first-order valence-electron chi connectivity index (χ1n) is 28.6. The average molecular weight is 1060 g/mol. The second-order valence-corrected chi connectivity index (χ2v) is 22.2. The van der Waals surface area contributed by atoms with Gasteiger partial charge in [0, 0.05) is 39.2 Å². The maximum atomic E-state index is 6.67. The molecule has 0 saturated carbocycles. The van der Waals surface area contributed by atoms with Crippen molar-refractivity contribution in [1.29, 1.82) is 0 Å². The summed E-state index contributed by atoms with van der Waals surface area (Å²) in [5, 5.41) is 0. The highest BCUT2D eigenvalue weighted by atomic mass is 16.5. The summed E-state index contributed by atoms with van der Waals surface area (Å²) in [6.45, 7) is 0. The summed E-state index contributed by atoms with van der Waals surface area (Å²) in [5.74, 6) is 3.58. The Morgan fingerprint density at radius 2 is 0.542 bits per heavy atom. The van der Waals surface area contributed by atoms with E-state index in [0.29, 0.717) is 0 Å². The molecule has 2 spiro atoms. The van der Waals surface area contributed by atoms with Crippen molar-refractivity contribution in [1.82, 2.24) is 0 Å². The van der Waals surface area contributed by atoms with Crippen LogP contribution in [0.1, 0.15) is 44.5 Å². The van der Waals surface area contributed by atoms with Crippen molar-refractivity contribution in [3.8, 4) is 89.8 Å². The summed E-state index contributed by atoms with van der Waals surface area (Å²) in [6, 6.07) is 113. The highest BCUT2D eigenvalue weighted by Crippen LogP contribution is 2.64. The zero-order chi connectivity index (χ0) is 54.6. The van der Waals surface area contributed by atoms with Crippen LogP contribution in [-0.2, 0) is 10.8 Å². The predicted octanol–water partition coefficient (Wildman–Crippen LogP) is 20.8. The molecule has 13 aromatic carbocycles. The Bertz CT molecular complexity index is 4640. The minimum absolute atomic E-state index is 0.511. The molecule has 2 aliphatic carbocycles. The molecule has 0 unspecified atom stereocenters. The lowest BCUT2D eigenvalue weighted by molar-refractivity contribution is 0.436. The second-order valence-electron chi connectivity index (χ2n) is 22.2. The Kier molecular flexibility index (Phi) is 10.4. The van der Waals surface area contributed by atoms with Gasteiger partial charge in [0.2, 0.25) is 0 Å². The highest BCUT2D eigenvalue weighted by Gasteiger charge is 2.52. The van der Waals surface area contributed by atoms with Crippen LogP contribution in [0.25, 0.3) is 66.8 Å². The van der Waals surface area contributed by atoms with Crippen molar-refractivity contribution in [3.63, 3.8) is 0 Å². The number of ether oxygens (including phenoxy) is 2. The van der Waals surface area contributed by atoms with Gasteiger partial charge in [0.15, 0.2) is 0 Å². The van der Waals surface area contributed by atoms with Crippen molar-refractivity contribution < 1.29 is 9.47 Å². The molecule has 0 atom stereocenters. The summed E-state index contributed by atoms with van der Waals surface area (Å²) in [7, 11) is 0. The van der Waals surface area contributed by atoms with Gasteiger partial charge in [-0.15, -0.1) is 0 Å². The monoisotopic (exact) mass is 1060 g/mol. The van der Waals surface area contributed by atoms with Crippen molar-refractivity contribution in [2.24, 2.45) is 0 Å². The molecule has 83 heavy (non-hydrogen) atoms. The van der Waals surface area contributed by atoms with Crippen molar-refractivity contribution in [2.45, 2.75) is 10.8 Å². The zero-order valence-corrected chi connectivity index (χ0v) is 45.2. The van der Waals surface area contributed by atoms with Crippen LogP contribution in [0.4, 0.5) is 17.1 Å². The number of nitrogens with zero attached hydrogens (tertiary/aromatic N) is 1. The maximum Gasteiger partial charge on any atom is 0.132 e. The van der Waals surface area contributed by atoms with Gasteiger partial charge in [-0.2, -0.15) is 0 Å². The van der Waals surface area contributed by atoms with Crippen LogP contribution in [0.5, 0.6) is 23.0 Å². The normalized spacial score (nSPS) is 13.7. The summed E-state index contributed by atoms with van der Waals surface area (Å²) < 4.78 is 13.3. The highest BCUT2D eigenvalue weighted by molar-refractivity contribution is 5.94. The van der Waals surface area contributed by atoms with E-state index in [9.17, 15) is 0 Å². The topological polar surface area (TPSA) is 21.7 Å². The van der Waals surface area contributed by atoms with E-state index in [0.717, 1.165) is 84.6 Å². The molecule has 0 radical (unpaired) electrons. The number of hydrogen-bond acceptors (Lipinski definition) is 3. The zero-order valence-electron chi connectivity index (χ0n) is 45.2. The first-order chi connectivity index (χ1) is 41.1. The molecule has 0 saturated heterocycles. The van der Waals surface area contributed by atoms with E-state index in [1.807, 2.05) is 0 Å². The van der Waals surface area contributed by atoms with Crippen LogP contribution in [-0.4, -0.2) is 0 Å². The van der Waals surface area contributed by atoms with Gasteiger partial charge in [-0.25, -0.2) is 0 Å². The molecule has 17 rings (SSSR count). The number of anilines is 3. The van der Waals surface area contributed by atoms with E-state index in [4.69, 9.17) is 9.47 Å². The smallest absolute Gasteiger partial charge is 0.132 e. The molecule has 3 nitrogen and oxygen atoms in total. The molecule has 2 heterocycles. The number of rotatable bonds is 7. The Balaban J connectivity index is 0.781. The van der Waals surface area contributed by atoms with E-state index in [1.165, 1.54) is 66.8 Å². The molecule has 2 aliphatic heterocycles. The molecule has 13 aromatic rings. The van der Waals surface area contributed by atoms with Gasteiger partial charge in [-0.3, -0.25) is 0 Å². The van der Waals surface area contributed by atoms with Crippen LogP contribution in [0.3, 0.4) is 0 Å². The van der Waals surface area contributed by atoms with E-state index in [1.54, 1.807) is 0 Å².